The third kappa shape index (κ3) is 4.81. The molecule has 1 aliphatic heterocycles. The molecule has 0 aromatic rings. The quantitative estimate of drug-likeness (QED) is 0.654. The lowest BCUT2D eigenvalue weighted by Crippen LogP contribution is -3.11. The van der Waals surface area contributed by atoms with E-state index in [1.165, 1.54) is 38.9 Å². The molecule has 106 valence electrons. The van der Waals surface area contributed by atoms with E-state index in [2.05, 4.69) is 6.92 Å². The molecule has 0 aromatic heterocycles. The summed E-state index contributed by atoms with van der Waals surface area (Å²) >= 11 is 0. The minimum absolute atomic E-state index is 0.388. The molecule has 0 bridgehead atoms. The Morgan fingerprint density at radius 3 is 2.22 bits per heavy atom. The summed E-state index contributed by atoms with van der Waals surface area (Å²) in [6.07, 6.45) is -0.736. The number of carboxylic acids is 1. The predicted molar refractivity (Wildman–Crippen MR) is 56.6 cm³/mol. The van der Waals surface area contributed by atoms with Gasteiger partial charge in [-0.05, 0) is 19.8 Å². The Balaban J connectivity index is 0.000000203. The first-order valence-corrected chi connectivity index (χ1v) is 6.02. The van der Waals surface area contributed by atoms with Gasteiger partial charge in [-0.1, -0.05) is 0 Å². The summed E-state index contributed by atoms with van der Waals surface area (Å²) in [5.41, 5.74) is 6.57. The second-order valence-electron chi connectivity index (χ2n) is 5.39. The number of aliphatic carboxylic acids is 1. The van der Waals surface area contributed by atoms with Crippen molar-refractivity contribution in [3.63, 3.8) is 0 Å². The number of carbonyl (C=O) groups is 1. The fourth-order valence-electron chi connectivity index (χ4n) is 2.38. The van der Waals surface area contributed by atoms with E-state index >= 15 is 0 Å². The molecule has 2 fully saturated rings. The maximum Gasteiger partial charge on any atom is 0.430 e. The second kappa shape index (κ2) is 5.44. The number of rotatable bonds is 2. The van der Waals surface area contributed by atoms with Crippen LogP contribution in [0.3, 0.4) is 0 Å². The number of nitrogens with one attached hydrogen (secondary N) is 1. The number of hydrogen-bond donors (Lipinski definition) is 2. The van der Waals surface area contributed by atoms with Crippen LogP contribution in [0.15, 0.2) is 0 Å². The average Bonchev–Trinajstić information content (AvgIpc) is 2.81. The molecule has 1 saturated carbocycles. The van der Waals surface area contributed by atoms with Gasteiger partial charge in [0.05, 0.1) is 25.7 Å². The smallest absolute Gasteiger partial charge is 0.430 e. The first-order chi connectivity index (χ1) is 8.15. The number of carbonyl (C=O) groups excluding carboxylic acids is 1. The molecule has 1 heterocycles. The van der Waals surface area contributed by atoms with Crippen LogP contribution in [0.4, 0.5) is 13.2 Å². The normalized spacial score (nSPS) is 26.4. The molecule has 2 atom stereocenters. The van der Waals surface area contributed by atoms with Crippen molar-refractivity contribution in [2.75, 3.05) is 19.6 Å². The van der Waals surface area contributed by atoms with E-state index in [0.29, 0.717) is 6.04 Å². The fourth-order valence-corrected chi connectivity index (χ4v) is 2.38. The number of nitrogens with two attached hydrogens (primary N) is 1. The van der Waals surface area contributed by atoms with Crippen LogP contribution in [0.1, 0.15) is 26.2 Å². The molecule has 1 saturated heterocycles. The number of quaternary nitrogens is 1. The first kappa shape index (κ1) is 15.2. The van der Waals surface area contributed by atoms with Crippen molar-refractivity contribution >= 4 is 5.97 Å². The van der Waals surface area contributed by atoms with Gasteiger partial charge in [-0.2, -0.15) is 13.2 Å². The molecule has 3 N–H and O–H groups in total. The standard InChI is InChI=1S/C9H18N2.C2HF3O2/c1-8(10)6-11-5-4-9(7-11)2-3-9;3-2(4,5)1(6)7/h8H,2-7,10H2,1H3;(H,6,7)/t8-;/m1./s1. The van der Waals surface area contributed by atoms with E-state index in [4.69, 9.17) is 15.6 Å². The average molecular weight is 268 g/mol. The van der Waals surface area contributed by atoms with Gasteiger partial charge in [0.1, 0.15) is 5.97 Å². The van der Waals surface area contributed by atoms with E-state index in [1.807, 2.05) is 0 Å². The summed E-state index contributed by atoms with van der Waals surface area (Å²) in [6.45, 7) is 6.09. The van der Waals surface area contributed by atoms with Gasteiger partial charge < -0.3 is 20.5 Å². The molecule has 0 aromatic carbocycles. The Morgan fingerprint density at radius 1 is 1.44 bits per heavy atom. The Kier molecular flexibility index (Phi) is 4.61. The van der Waals surface area contributed by atoms with Crippen molar-refractivity contribution < 1.29 is 28.0 Å². The Hall–Kier alpha value is -0.820. The highest BCUT2D eigenvalue weighted by Crippen LogP contribution is 2.48. The van der Waals surface area contributed by atoms with E-state index in [1.54, 1.807) is 4.90 Å². The summed E-state index contributed by atoms with van der Waals surface area (Å²) < 4.78 is 31.5. The van der Waals surface area contributed by atoms with E-state index in [0.717, 1.165) is 5.41 Å². The third-order valence-electron chi connectivity index (χ3n) is 3.43. The molecule has 2 rings (SSSR count). The van der Waals surface area contributed by atoms with Gasteiger partial charge in [-0.3, -0.25) is 0 Å². The van der Waals surface area contributed by atoms with Crippen LogP contribution in [-0.4, -0.2) is 37.8 Å². The maximum atomic E-state index is 10.5. The molecule has 0 radical (unpaired) electrons. The zero-order chi connectivity index (χ0) is 14.0. The Morgan fingerprint density at radius 2 is 1.94 bits per heavy atom. The van der Waals surface area contributed by atoms with Gasteiger partial charge in [0.25, 0.3) is 0 Å². The molecule has 7 heteroatoms. The fraction of sp³-hybridized carbons (Fsp3) is 0.909. The summed E-state index contributed by atoms with van der Waals surface area (Å²) in [4.78, 5) is 10.5. The van der Waals surface area contributed by atoms with Crippen LogP contribution < -0.4 is 15.7 Å². The molecule has 2 aliphatic rings. The molecule has 1 aliphatic carbocycles. The van der Waals surface area contributed by atoms with E-state index < -0.39 is 12.1 Å². The van der Waals surface area contributed by atoms with Gasteiger partial charge in [0.15, 0.2) is 0 Å². The minimum Gasteiger partial charge on any atom is -0.542 e. The van der Waals surface area contributed by atoms with Crippen molar-refractivity contribution in [3.05, 3.63) is 0 Å². The van der Waals surface area contributed by atoms with Crippen LogP contribution in [-0.2, 0) is 4.79 Å². The molecule has 4 nitrogen and oxygen atoms in total. The lowest BCUT2D eigenvalue weighted by Gasteiger charge is -2.14. The van der Waals surface area contributed by atoms with Gasteiger partial charge in [-0.15, -0.1) is 0 Å². The summed E-state index contributed by atoms with van der Waals surface area (Å²) in [5, 5.41) is 8.78. The van der Waals surface area contributed by atoms with Crippen molar-refractivity contribution in [1.29, 1.82) is 0 Å². The topological polar surface area (TPSA) is 70.6 Å². The zero-order valence-corrected chi connectivity index (χ0v) is 10.3. The molecule has 0 amide bonds. The molecular weight excluding hydrogens is 249 g/mol. The molecule has 1 unspecified atom stereocenters. The van der Waals surface area contributed by atoms with Crippen molar-refractivity contribution in [2.45, 2.75) is 38.4 Å². The number of halogens is 3. The van der Waals surface area contributed by atoms with Crippen molar-refractivity contribution in [3.8, 4) is 0 Å². The monoisotopic (exact) mass is 268 g/mol. The van der Waals surface area contributed by atoms with Crippen LogP contribution in [0.2, 0.25) is 0 Å². The number of carboxylic acid groups (broad SMARTS) is 1. The summed E-state index contributed by atoms with van der Waals surface area (Å²) in [5.74, 6) is -3.01. The summed E-state index contributed by atoms with van der Waals surface area (Å²) in [7, 11) is 0. The Labute approximate surface area is 104 Å². The molecule has 1 spiro atoms. The molecule has 18 heavy (non-hydrogen) atoms. The highest BCUT2D eigenvalue weighted by atomic mass is 19.4. The maximum absolute atomic E-state index is 10.5. The predicted octanol–water partition coefficient (Wildman–Crippen LogP) is -1.30. The highest BCUT2D eigenvalue weighted by molar-refractivity contribution is 5.70. The number of alkyl halides is 3. The number of hydrogen-bond acceptors (Lipinski definition) is 3. The van der Waals surface area contributed by atoms with E-state index in [-0.39, 0.29) is 0 Å². The van der Waals surface area contributed by atoms with Gasteiger partial charge in [-0.25, -0.2) is 0 Å². The first-order valence-electron chi connectivity index (χ1n) is 6.02. The largest absolute Gasteiger partial charge is 0.542 e. The van der Waals surface area contributed by atoms with Gasteiger partial charge >= 0.3 is 6.18 Å². The number of likely N-dealkylation sites (tertiary alicyclic amines) is 1. The second-order valence-corrected chi connectivity index (χ2v) is 5.39. The highest BCUT2D eigenvalue weighted by Gasteiger charge is 2.50. The van der Waals surface area contributed by atoms with Crippen LogP contribution >= 0.6 is 0 Å². The summed E-state index contributed by atoms with van der Waals surface area (Å²) in [6, 6.07) is 0.388. The lowest BCUT2D eigenvalue weighted by atomic mass is 10.1. The van der Waals surface area contributed by atoms with Gasteiger partial charge in [0.2, 0.25) is 0 Å². The minimum atomic E-state index is -5.19. The van der Waals surface area contributed by atoms with Crippen LogP contribution in [0.25, 0.3) is 0 Å². The van der Waals surface area contributed by atoms with Crippen LogP contribution in [0.5, 0.6) is 0 Å². The molecular formula is C11H19F3N2O2. The van der Waals surface area contributed by atoms with Gasteiger partial charge in [0, 0.05) is 11.8 Å². The van der Waals surface area contributed by atoms with Crippen molar-refractivity contribution in [1.82, 2.24) is 0 Å². The SMILES string of the molecule is C[C@@H](N)C[NH+]1CCC2(CC2)C1.O=C([O-])C(F)(F)F. The Bertz CT molecular complexity index is 301. The van der Waals surface area contributed by atoms with Crippen LogP contribution in [0, 0.1) is 5.41 Å². The van der Waals surface area contributed by atoms with Crippen molar-refractivity contribution in [2.24, 2.45) is 11.1 Å². The zero-order valence-electron chi connectivity index (χ0n) is 10.3. The third-order valence-corrected chi connectivity index (χ3v) is 3.43. The van der Waals surface area contributed by atoms with E-state index in [9.17, 15) is 13.2 Å². The lowest BCUT2D eigenvalue weighted by molar-refractivity contribution is -0.890.